The number of phenolic OH excluding ortho intramolecular Hbond substituents is 8. The van der Waals surface area contributed by atoms with Crippen molar-refractivity contribution in [2.75, 3.05) is 26.4 Å². The third-order valence-electron chi connectivity index (χ3n) is 16.2. The molecule has 496 valence electrons. The van der Waals surface area contributed by atoms with E-state index in [1.54, 1.807) is 24.3 Å². The monoisotopic (exact) mass is 1240 g/mol. The number of hydrogen-bond donors (Lipinski definition) is 8. The molecule has 0 saturated carbocycles. The molecular weight excluding hydrogens is 1130 g/mol. The average molecular weight is 1240 g/mol. The zero-order valence-corrected chi connectivity index (χ0v) is 58.1. The van der Waals surface area contributed by atoms with Gasteiger partial charge in [-0.05, 0) is 116 Å². The summed E-state index contributed by atoms with van der Waals surface area (Å²) in [5, 5.41) is 92.3. The van der Waals surface area contributed by atoms with Crippen molar-refractivity contribution in [3.8, 4) is 46.0 Å². The van der Waals surface area contributed by atoms with Crippen LogP contribution in [0.1, 0.15) is 259 Å². The Morgan fingerprint density at radius 3 is 0.562 bits per heavy atom. The molecule has 0 aliphatic heterocycles. The predicted molar refractivity (Wildman–Crippen MR) is 348 cm³/mol. The Hall–Kier alpha value is -6.84. The molecule has 0 amide bonds. The SMILES string of the molecule is CC(C)(C)c1cc(CCC(=O)OCC(COC(=O)CCc2cc(C(C)(C)C)c(O)c(C(C)(C)C)c2O)(COC(=O)CCc2cc(C(C)(C)C)c(O)c(C(C)(C)C)c2O)COC(=O)CCc2cc(C(C)(C)C)c(O)c(C(C)(C)C)c2O)c(O)c(C(C)(C)C)c1O. The van der Waals surface area contributed by atoms with Crippen LogP contribution in [0.25, 0.3) is 0 Å². The van der Waals surface area contributed by atoms with Crippen LogP contribution in [0.3, 0.4) is 0 Å². The second-order valence-corrected chi connectivity index (χ2v) is 32.8. The predicted octanol–water partition coefficient (Wildman–Crippen LogP) is 14.7. The highest BCUT2D eigenvalue weighted by Gasteiger charge is 2.40. The van der Waals surface area contributed by atoms with E-state index in [4.69, 9.17) is 18.9 Å². The molecule has 0 spiro atoms. The summed E-state index contributed by atoms with van der Waals surface area (Å²) in [5.41, 5.74) is -1.76. The molecule has 0 heterocycles. The van der Waals surface area contributed by atoms with Crippen molar-refractivity contribution in [3.63, 3.8) is 0 Å². The number of phenols is 8. The highest BCUT2D eigenvalue weighted by Crippen LogP contribution is 2.50. The Bertz CT molecular complexity index is 2810. The number of hydrogen-bond acceptors (Lipinski definition) is 16. The van der Waals surface area contributed by atoms with Crippen LogP contribution in [0.15, 0.2) is 24.3 Å². The minimum absolute atomic E-state index is 0.0308. The summed E-state index contributed by atoms with van der Waals surface area (Å²) >= 11 is 0. The summed E-state index contributed by atoms with van der Waals surface area (Å²) in [6.07, 6.45) is -1.30. The van der Waals surface area contributed by atoms with Gasteiger partial charge in [0.1, 0.15) is 77.8 Å². The topological polar surface area (TPSA) is 267 Å². The minimum Gasteiger partial charge on any atom is -0.507 e. The number of benzene rings is 4. The highest BCUT2D eigenvalue weighted by molar-refractivity contribution is 5.73. The van der Waals surface area contributed by atoms with E-state index in [9.17, 15) is 60.0 Å². The highest BCUT2D eigenvalue weighted by atomic mass is 16.6. The molecule has 0 aliphatic carbocycles. The van der Waals surface area contributed by atoms with Crippen LogP contribution in [-0.2, 0) is 107 Å². The van der Waals surface area contributed by atoms with Crippen molar-refractivity contribution < 1.29 is 79.0 Å². The average Bonchev–Trinajstić information content (AvgIpc) is 0.854. The van der Waals surface area contributed by atoms with Gasteiger partial charge in [0.2, 0.25) is 0 Å². The normalized spacial score (nSPS) is 13.1. The maximum Gasteiger partial charge on any atom is 0.306 e. The summed E-state index contributed by atoms with van der Waals surface area (Å²) < 4.78 is 24.0. The fourth-order valence-electron chi connectivity index (χ4n) is 11.2. The van der Waals surface area contributed by atoms with Crippen molar-refractivity contribution in [1.29, 1.82) is 0 Å². The minimum atomic E-state index is -1.80. The maximum atomic E-state index is 14.2. The van der Waals surface area contributed by atoms with E-state index in [2.05, 4.69) is 0 Å². The lowest BCUT2D eigenvalue weighted by atomic mass is 9.77. The van der Waals surface area contributed by atoms with Gasteiger partial charge in [-0.15, -0.1) is 0 Å². The van der Waals surface area contributed by atoms with E-state index in [0.29, 0.717) is 66.8 Å². The van der Waals surface area contributed by atoms with Crippen LogP contribution in [0, 0.1) is 5.41 Å². The van der Waals surface area contributed by atoms with Crippen LogP contribution in [0.4, 0.5) is 0 Å². The van der Waals surface area contributed by atoms with Crippen LogP contribution in [-0.4, -0.2) is 91.2 Å². The first kappa shape index (κ1) is 74.6. The molecule has 0 fully saturated rings. The lowest BCUT2D eigenvalue weighted by molar-refractivity contribution is -0.170. The number of carbonyl (C=O) groups is 4. The van der Waals surface area contributed by atoms with Crippen LogP contribution in [0.5, 0.6) is 46.0 Å². The summed E-state index contributed by atoms with van der Waals surface area (Å²) in [4.78, 5) is 56.6. The lowest BCUT2D eigenvalue weighted by Crippen LogP contribution is -2.44. The third-order valence-corrected chi connectivity index (χ3v) is 16.2. The molecule has 89 heavy (non-hydrogen) atoms. The lowest BCUT2D eigenvalue weighted by Gasteiger charge is -2.32. The first-order chi connectivity index (χ1) is 40.2. The molecule has 0 aliphatic rings. The van der Waals surface area contributed by atoms with Crippen molar-refractivity contribution in [1.82, 2.24) is 0 Å². The van der Waals surface area contributed by atoms with E-state index < -0.39 is 99.0 Å². The smallest absolute Gasteiger partial charge is 0.306 e. The summed E-state index contributed by atoms with van der Waals surface area (Å²) in [6.45, 7) is 42.7. The molecule has 8 N–H and O–H groups in total. The first-order valence-corrected chi connectivity index (χ1v) is 31.1. The molecule has 0 bridgehead atoms. The van der Waals surface area contributed by atoms with Crippen LogP contribution < -0.4 is 0 Å². The number of esters is 4. The Labute approximate surface area is 530 Å². The van der Waals surface area contributed by atoms with Gasteiger partial charge in [-0.3, -0.25) is 19.2 Å². The van der Waals surface area contributed by atoms with E-state index in [-0.39, 0.29) is 97.4 Å². The van der Waals surface area contributed by atoms with Gasteiger partial charge in [0.05, 0.1) is 0 Å². The summed E-state index contributed by atoms with van der Waals surface area (Å²) in [5.74, 6) is -4.01. The van der Waals surface area contributed by atoms with Crippen molar-refractivity contribution in [3.05, 3.63) is 91.0 Å². The molecule has 16 nitrogen and oxygen atoms in total. The van der Waals surface area contributed by atoms with Crippen LogP contribution >= 0.6 is 0 Å². The van der Waals surface area contributed by atoms with Gasteiger partial charge in [-0.25, -0.2) is 0 Å². The van der Waals surface area contributed by atoms with E-state index in [1.807, 2.05) is 166 Å². The van der Waals surface area contributed by atoms with Crippen molar-refractivity contribution in [2.45, 2.75) is 261 Å². The molecule has 4 aromatic carbocycles. The standard InChI is InChI=1S/C73H108O16/c1-65(2,3)45-33-41(57(78)53(61(45)82)69(13,14)15)25-29-49(74)86-37-73(38-87-50(75)30-26-42-34-46(66(4,5)6)62(83)54(58(42)79)70(16,17)18,39-88-51(76)31-27-43-35-47(67(7,8)9)63(84)55(59(43)80)71(19,20)21)40-89-52(77)32-28-44-36-48(68(10,11)12)64(85)56(60(44)81)72(22,23)24/h33-36,78-85H,25-32,37-40H2,1-24H3. The van der Waals surface area contributed by atoms with Gasteiger partial charge in [-0.2, -0.15) is 0 Å². The van der Waals surface area contributed by atoms with Gasteiger partial charge in [0.25, 0.3) is 0 Å². The summed E-state index contributed by atoms with van der Waals surface area (Å²) in [7, 11) is 0. The Morgan fingerprint density at radius 2 is 0.427 bits per heavy atom. The number of carbonyl (C=O) groups excluding carboxylic acids is 4. The van der Waals surface area contributed by atoms with Gasteiger partial charge >= 0.3 is 23.9 Å². The molecule has 0 unspecified atom stereocenters. The van der Waals surface area contributed by atoms with Crippen molar-refractivity contribution >= 4 is 23.9 Å². The second-order valence-electron chi connectivity index (χ2n) is 32.8. The number of rotatable bonds is 20. The molecule has 4 aromatic rings. The summed E-state index contributed by atoms with van der Waals surface area (Å²) in [6, 6.07) is 6.66. The zero-order chi connectivity index (χ0) is 68.5. The van der Waals surface area contributed by atoms with Gasteiger partial charge < -0.3 is 59.8 Å². The molecule has 0 atom stereocenters. The Kier molecular flexibility index (Phi) is 22.6. The largest absolute Gasteiger partial charge is 0.507 e. The van der Waals surface area contributed by atoms with Crippen molar-refractivity contribution in [2.24, 2.45) is 5.41 Å². The number of aryl methyl sites for hydroxylation is 4. The zero-order valence-electron chi connectivity index (χ0n) is 58.1. The Balaban J connectivity index is 1.83. The quantitative estimate of drug-likeness (QED) is 0.0302. The molecular formula is C73H108O16. The molecule has 0 saturated heterocycles. The number of aromatic hydroxyl groups is 8. The fraction of sp³-hybridized carbons (Fsp3) is 0.616. The number of ether oxygens (including phenoxy) is 4. The molecule has 0 aromatic heterocycles. The molecule has 16 heteroatoms. The first-order valence-electron chi connectivity index (χ1n) is 31.1. The van der Waals surface area contributed by atoms with E-state index in [0.717, 1.165) is 0 Å². The fourth-order valence-corrected chi connectivity index (χ4v) is 11.2. The van der Waals surface area contributed by atoms with Crippen LogP contribution in [0.2, 0.25) is 0 Å². The van der Waals surface area contributed by atoms with Gasteiger partial charge in [-0.1, -0.05) is 166 Å². The molecule has 0 radical (unpaired) electrons. The van der Waals surface area contributed by atoms with Gasteiger partial charge in [0, 0.05) is 70.2 Å². The van der Waals surface area contributed by atoms with Gasteiger partial charge in [0.15, 0.2) is 0 Å². The maximum absolute atomic E-state index is 14.2. The third kappa shape index (κ3) is 18.6. The van der Waals surface area contributed by atoms with E-state index in [1.165, 1.54) is 0 Å². The Morgan fingerprint density at radius 1 is 0.270 bits per heavy atom. The molecule has 4 rings (SSSR count). The van der Waals surface area contributed by atoms with E-state index >= 15 is 0 Å². The second kappa shape index (κ2) is 26.9.